The second kappa shape index (κ2) is 4.90. The van der Waals surface area contributed by atoms with Gasteiger partial charge in [-0.3, -0.25) is 4.79 Å². The highest BCUT2D eigenvalue weighted by Crippen LogP contribution is 2.46. The summed E-state index contributed by atoms with van der Waals surface area (Å²) in [6.45, 7) is 11.7. The van der Waals surface area contributed by atoms with Crippen molar-refractivity contribution in [1.29, 1.82) is 0 Å². The minimum atomic E-state index is -0.332. The van der Waals surface area contributed by atoms with Crippen LogP contribution in [0.5, 0.6) is 0 Å². The van der Waals surface area contributed by atoms with Crippen molar-refractivity contribution in [3.8, 4) is 0 Å². The molecule has 0 heterocycles. The van der Waals surface area contributed by atoms with Gasteiger partial charge >= 0.3 is 0 Å². The van der Waals surface area contributed by atoms with Crippen LogP contribution in [0.4, 0.5) is 0 Å². The summed E-state index contributed by atoms with van der Waals surface area (Å²) in [7, 11) is 0. The number of carbonyl (C=O) groups is 1. The van der Waals surface area contributed by atoms with Crippen LogP contribution in [0.2, 0.25) is 0 Å². The normalized spacial score (nSPS) is 39.6. The number of hydrogen-bond donors (Lipinski definition) is 1. The lowest BCUT2D eigenvalue weighted by Gasteiger charge is -2.49. The van der Waals surface area contributed by atoms with Crippen molar-refractivity contribution in [1.82, 2.24) is 5.32 Å². The SMILES string of the molecule is CCN[C@@]1(C)C(=O)/C2=C/C(C)(C)C/C=C(\C)CC[C@@H]21. The maximum absolute atomic E-state index is 12.5. The third-order valence-electron chi connectivity index (χ3n) is 4.70. The van der Waals surface area contributed by atoms with Gasteiger partial charge in [-0.2, -0.15) is 0 Å². The fourth-order valence-corrected chi connectivity index (χ4v) is 3.42. The molecule has 0 unspecified atom stereocenters. The average Bonchev–Trinajstić information content (AvgIpc) is 2.39. The zero-order valence-electron chi connectivity index (χ0n) is 13.0. The van der Waals surface area contributed by atoms with E-state index < -0.39 is 0 Å². The molecular weight excluding hydrogens is 234 g/mol. The number of likely N-dealkylation sites (N-methyl/N-ethyl adjacent to an activating group) is 1. The fourth-order valence-electron chi connectivity index (χ4n) is 3.42. The van der Waals surface area contributed by atoms with Gasteiger partial charge in [0.15, 0.2) is 5.78 Å². The van der Waals surface area contributed by atoms with Gasteiger partial charge in [0.05, 0.1) is 5.54 Å². The van der Waals surface area contributed by atoms with E-state index in [-0.39, 0.29) is 11.0 Å². The smallest absolute Gasteiger partial charge is 0.179 e. The molecule has 2 rings (SSSR count). The number of hydrogen-bond acceptors (Lipinski definition) is 2. The van der Waals surface area contributed by atoms with Crippen molar-refractivity contribution >= 4 is 5.78 Å². The third-order valence-corrected chi connectivity index (χ3v) is 4.70. The quantitative estimate of drug-likeness (QED) is 0.769. The molecule has 0 aromatic carbocycles. The van der Waals surface area contributed by atoms with Gasteiger partial charge in [-0.05, 0) is 50.6 Å². The molecule has 2 heteroatoms. The highest BCUT2D eigenvalue weighted by Gasteiger charge is 2.54. The monoisotopic (exact) mass is 261 g/mol. The maximum atomic E-state index is 12.5. The van der Waals surface area contributed by atoms with Crippen LogP contribution >= 0.6 is 0 Å². The first-order valence-electron chi connectivity index (χ1n) is 7.48. The van der Waals surface area contributed by atoms with Gasteiger partial charge < -0.3 is 5.32 Å². The fraction of sp³-hybridized carbons (Fsp3) is 0.706. The highest BCUT2D eigenvalue weighted by atomic mass is 16.1. The van der Waals surface area contributed by atoms with E-state index in [9.17, 15) is 4.79 Å². The van der Waals surface area contributed by atoms with E-state index in [1.807, 2.05) is 0 Å². The second-order valence-corrected chi connectivity index (χ2v) is 7.00. The second-order valence-electron chi connectivity index (χ2n) is 7.00. The summed E-state index contributed by atoms with van der Waals surface area (Å²) >= 11 is 0. The van der Waals surface area contributed by atoms with Crippen molar-refractivity contribution in [3.05, 3.63) is 23.3 Å². The van der Waals surface area contributed by atoms with Crippen LogP contribution in [0, 0.1) is 11.3 Å². The molecule has 0 aromatic heterocycles. The Bertz CT molecular complexity index is 444. The first kappa shape index (κ1) is 14.5. The Kier molecular flexibility index (Phi) is 3.74. The van der Waals surface area contributed by atoms with Gasteiger partial charge in [0.2, 0.25) is 0 Å². The molecule has 2 aliphatic carbocycles. The molecule has 106 valence electrons. The molecule has 2 atom stereocenters. The Labute approximate surface area is 117 Å². The summed E-state index contributed by atoms with van der Waals surface area (Å²) in [4.78, 5) is 12.5. The van der Waals surface area contributed by atoms with E-state index in [1.165, 1.54) is 5.57 Å². The van der Waals surface area contributed by atoms with Crippen LogP contribution < -0.4 is 5.32 Å². The van der Waals surface area contributed by atoms with Gasteiger partial charge in [0.1, 0.15) is 0 Å². The highest BCUT2D eigenvalue weighted by molar-refractivity contribution is 6.10. The molecule has 0 saturated heterocycles. The lowest BCUT2D eigenvalue weighted by molar-refractivity contribution is -0.130. The molecule has 2 aliphatic rings. The summed E-state index contributed by atoms with van der Waals surface area (Å²) < 4.78 is 0. The molecule has 0 bridgehead atoms. The van der Waals surface area contributed by atoms with Crippen LogP contribution in [0.15, 0.2) is 23.3 Å². The molecular formula is C17H27NO. The summed E-state index contributed by atoms with van der Waals surface area (Å²) in [6.07, 6.45) is 7.79. The van der Waals surface area contributed by atoms with Gasteiger partial charge in [-0.1, -0.05) is 38.5 Å². The van der Waals surface area contributed by atoms with Gasteiger partial charge in [-0.15, -0.1) is 0 Å². The Hall–Kier alpha value is -0.890. The zero-order chi connectivity index (χ0) is 14.3. The summed E-state index contributed by atoms with van der Waals surface area (Å²) in [5, 5.41) is 3.41. The lowest BCUT2D eigenvalue weighted by atomic mass is 9.59. The van der Waals surface area contributed by atoms with E-state index >= 15 is 0 Å². The molecule has 2 nitrogen and oxygen atoms in total. The Morgan fingerprint density at radius 1 is 1.37 bits per heavy atom. The third kappa shape index (κ3) is 2.55. The van der Waals surface area contributed by atoms with Gasteiger partial charge in [-0.25, -0.2) is 0 Å². The standard InChI is InChI=1S/C17H27NO/c1-6-18-17(5)14-8-7-12(2)9-10-16(3,4)11-13(14)15(17)19/h9,11,14,18H,6-8,10H2,1-5H3/b12-9+,13-11+/t14-,17+/m0/s1. The molecule has 0 aromatic rings. The van der Waals surface area contributed by atoms with Crippen LogP contribution in [-0.4, -0.2) is 17.9 Å². The van der Waals surface area contributed by atoms with E-state index in [2.05, 4.69) is 52.1 Å². The number of allylic oxidation sites excluding steroid dienone is 3. The predicted molar refractivity (Wildman–Crippen MR) is 80.1 cm³/mol. The maximum Gasteiger partial charge on any atom is 0.179 e. The summed E-state index contributed by atoms with van der Waals surface area (Å²) in [5.41, 5.74) is 2.28. The average molecular weight is 261 g/mol. The minimum absolute atomic E-state index is 0.0857. The summed E-state index contributed by atoms with van der Waals surface area (Å²) in [6, 6.07) is 0. The Balaban J connectivity index is 2.34. The number of Topliss-reactive ketones (excluding diaryl/α,β-unsaturated/α-hetero) is 1. The molecule has 0 radical (unpaired) electrons. The van der Waals surface area contributed by atoms with Crippen molar-refractivity contribution < 1.29 is 4.79 Å². The first-order chi connectivity index (χ1) is 8.80. The molecule has 0 amide bonds. The number of carbonyl (C=O) groups excluding carboxylic acids is 1. The lowest BCUT2D eigenvalue weighted by Crippen LogP contribution is -2.65. The zero-order valence-corrected chi connectivity index (χ0v) is 13.0. The molecule has 1 fully saturated rings. The largest absolute Gasteiger partial charge is 0.305 e. The Morgan fingerprint density at radius 3 is 2.68 bits per heavy atom. The number of rotatable bonds is 2. The Morgan fingerprint density at radius 2 is 2.05 bits per heavy atom. The van der Waals surface area contributed by atoms with Crippen LogP contribution in [0.3, 0.4) is 0 Å². The van der Waals surface area contributed by atoms with Gasteiger partial charge in [0.25, 0.3) is 0 Å². The van der Waals surface area contributed by atoms with Crippen molar-refractivity contribution in [2.75, 3.05) is 6.54 Å². The predicted octanol–water partition coefficient (Wildman–Crippen LogP) is 3.64. The van der Waals surface area contributed by atoms with E-state index in [0.29, 0.717) is 11.7 Å². The van der Waals surface area contributed by atoms with Gasteiger partial charge in [0, 0.05) is 5.92 Å². The van der Waals surface area contributed by atoms with Crippen LogP contribution in [-0.2, 0) is 4.79 Å². The van der Waals surface area contributed by atoms with Crippen molar-refractivity contribution in [3.63, 3.8) is 0 Å². The summed E-state index contributed by atoms with van der Waals surface area (Å²) in [5.74, 6) is 0.688. The van der Waals surface area contributed by atoms with E-state index in [4.69, 9.17) is 0 Å². The topological polar surface area (TPSA) is 29.1 Å². The first-order valence-corrected chi connectivity index (χ1v) is 7.48. The minimum Gasteiger partial charge on any atom is -0.305 e. The van der Waals surface area contributed by atoms with Crippen molar-refractivity contribution in [2.45, 2.75) is 59.4 Å². The van der Waals surface area contributed by atoms with E-state index in [0.717, 1.165) is 31.4 Å². The molecule has 1 N–H and O–H groups in total. The number of nitrogens with one attached hydrogen (secondary N) is 1. The van der Waals surface area contributed by atoms with Crippen molar-refractivity contribution in [2.24, 2.45) is 11.3 Å². The van der Waals surface area contributed by atoms with Crippen LogP contribution in [0.25, 0.3) is 0 Å². The molecule has 19 heavy (non-hydrogen) atoms. The molecule has 1 saturated carbocycles. The van der Waals surface area contributed by atoms with E-state index in [1.54, 1.807) is 0 Å². The molecule has 0 aliphatic heterocycles. The number of fused-ring (bicyclic) bond motifs is 1. The number of ketones is 1. The molecule has 0 spiro atoms. The van der Waals surface area contributed by atoms with Crippen LogP contribution in [0.1, 0.15) is 53.9 Å².